The minimum absolute atomic E-state index is 0.00332. The molecule has 0 radical (unpaired) electrons. The fourth-order valence-corrected chi connectivity index (χ4v) is 3.32. The molecule has 31 heavy (non-hydrogen) atoms. The summed E-state index contributed by atoms with van der Waals surface area (Å²) in [5.74, 6) is -0.283. The van der Waals surface area contributed by atoms with E-state index in [0.29, 0.717) is 39.8 Å². The Bertz CT molecular complexity index is 1110. The summed E-state index contributed by atoms with van der Waals surface area (Å²) in [7, 11) is 0. The molecule has 2 heterocycles. The van der Waals surface area contributed by atoms with Gasteiger partial charge in [0.2, 0.25) is 0 Å². The maximum atomic E-state index is 13.7. The van der Waals surface area contributed by atoms with Crippen LogP contribution in [-0.4, -0.2) is 43.7 Å². The van der Waals surface area contributed by atoms with Crippen LogP contribution < -0.4 is 5.32 Å². The number of aliphatic imine (C=N–C) groups is 1. The first kappa shape index (κ1) is 22.5. The predicted molar refractivity (Wildman–Crippen MR) is 121 cm³/mol. The Hall–Kier alpha value is -3.16. The van der Waals surface area contributed by atoms with Gasteiger partial charge in [0.15, 0.2) is 5.88 Å². The zero-order valence-electron chi connectivity index (χ0n) is 18.7. The van der Waals surface area contributed by atoms with Gasteiger partial charge in [0.05, 0.1) is 23.7 Å². The number of amides is 1. The van der Waals surface area contributed by atoms with E-state index in [2.05, 4.69) is 15.4 Å². The highest BCUT2D eigenvalue weighted by Gasteiger charge is 2.19. The van der Waals surface area contributed by atoms with E-state index in [-0.39, 0.29) is 30.8 Å². The van der Waals surface area contributed by atoms with Crippen LogP contribution in [0.1, 0.15) is 69.4 Å². The summed E-state index contributed by atoms with van der Waals surface area (Å²) < 4.78 is 15.5. The van der Waals surface area contributed by atoms with Crippen LogP contribution in [0.2, 0.25) is 0 Å². The number of fused-ring (bicyclic) bond motifs is 1. The Labute approximate surface area is 181 Å². The SMILES string of the molecule is CCC(=Nc1cnn(C(C)C)c1)c1c(O)[nH]c2ccc(C(=O)NCCC(C)(C)F)cc12. The largest absolute Gasteiger partial charge is 0.494 e. The van der Waals surface area contributed by atoms with Crippen LogP contribution in [0.4, 0.5) is 10.1 Å². The molecule has 166 valence electrons. The Kier molecular flexibility index (Phi) is 6.48. The van der Waals surface area contributed by atoms with Crippen molar-refractivity contribution in [3.8, 4) is 5.88 Å². The summed E-state index contributed by atoms with van der Waals surface area (Å²) in [6, 6.07) is 5.36. The van der Waals surface area contributed by atoms with Gasteiger partial charge in [-0.05, 0) is 58.7 Å². The van der Waals surface area contributed by atoms with Gasteiger partial charge in [0.25, 0.3) is 5.91 Å². The number of benzene rings is 1. The van der Waals surface area contributed by atoms with E-state index in [1.807, 2.05) is 31.6 Å². The number of aromatic amines is 1. The van der Waals surface area contributed by atoms with Gasteiger partial charge >= 0.3 is 0 Å². The van der Waals surface area contributed by atoms with Crippen LogP contribution in [-0.2, 0) is 0 Å². The molecule has 7 nitrogen and oxygen atoms in total. The fraction of sp³-hybridized carbons (Fsp3) is 0.435. The van der Waals surface area contributed by atoms with E-state index >= 15 is 0 Å². The maximum Gasteiger partial charge on any atom is 0.251 e. The van der Waals surface area contributed by atoms with Crippen molar-refractivity contribution in [3.05, 3.63) is 41.7 Å². The summed E-state index contributed by atoms with van der Waals surface area (Å²) in [4.78, 5) is 20.2. The van der Waals surface area contributed by atoms with Crippen LogP contribution in [0.15, 0.2) is 35.6 Å². The smallest absolute Gasteiger partial charge is 0.251 e. The lowest BCUT2D eigenvalue weighted by Crippen LogP contribution is -2.28. The van der Waals surface area contributed by atoms with Gasteiger partial charge in [-0.2, -0.15) is 5.10 Å². The number of hydrogen-bond donors (Lipinski definition) is 3. The lowest BCUT2D eigenvalue weighted by atomic mass is 10.0. The summed E-state index contributed by atoms with van der Waals surface area (Å²) >= 11 is 0. The molecule has 0 aliphatic rings. The molecule has 1 aromatic carbocycles. The fourth-order valence-electron chi connectivity index (χ4n) is 3.32. The Morgan fingerprint density at radius 1 is 1.39 bits per heavy atom. The number of halogens is 1. The molecule has 3 rings (SSSR count). The second kappa shape index (κ2) is 8.91. The van der Waals surface area contributed by atoms with Gasteiger partial charge in [-0.1, -0.05) is 6.92 Å². The molecule has 8 heteroatoms. The van der Waals surface area contributed by atoms with Crippen molar-refractivity contribution >= 4 is 28.2 Å². The van der Waals surface area contributed by atoms with Crippen LogP contribution in [0, 0.1) is 0 Å². The number of nitrogens with one attached hydrogen (secondary N) is 2. The molecule has 0 spiro atoms. The number of aromatic hydroxyl groups is 1. The van der Waals surface area contributed by atoms with E-state index in [0.717, 1.165) is 0 Å². The number of aromatic nitrogens is 3. The molecule has 2 aromatic heterocycles. The third-order valence-corrected chi connectivity index (χ3v) is 5.05. The highest BCUT2D eigenvalue weighted by Crippen LogP contribution is 2.31. The zero-order chi connectivity index (χ0) is 22.8. The predicted octanol–water partition coefficient (Wildman–Crippen LogP) is 5.05. The molecule has 3 aromatic rings. The topological polar surface area (TPSA) is 95.3 Å². The second-order valence-electron chi connectivity index (χ2n) is 8.52. The Morgan fingerprint density at radius 3 is 2.74 bits per heavy atom. The van der Waals surface area contributed by atoms with Crippen molar-refractivity contribution in [2.45, 2.75) is 59.2 Å². The monoisotopic (exact) mass is 427 g/mol. The molecule has 1 amide bonds. The molecular weight excluding hydrogens is 397 g/mol. The highest BCUT2D eigenvalue weighted by molar-refractivity contribution is 6.14. The lowest BCUT2D eigenvalue weighted by Gasteiger charge is -2.14. The number of nitrogens with zero attached hydrogens (tertiary/aromatic N) is 3. The minimum Gasteiger partial charge on any atom is -0.494 e. The number of carbonyl (C=O) groups is 1. The van der Waals surface area contributed by atoms with Gasteiger partial charge < -0.3 is 15.4 Å². The van der Waals surface area contributed by atoms with Gasteiger partial charge in [0, 0.05) is 29.1 Å². The molecular formula is C23H30FN5O2. The Morgan fingerprint density at radius 2 is 2.13 bits per heavy atom. The minimum atomic E-state index is -1.34. The number of carbonyl (C=O) groups excluding carboxylic acids is 1. The third-order valence-electron chi connectivity index (χ3n) is 5.05. The van der Waals surface area contributed by atoms with Gasteiger partial charge in [-0.3, -0.25) is 9.48 Å². The first-order valence-electron chi connectivity index (χ1n) is 10.5. The quantitative estimate of drug-likeness (QED) is 0.439. The molecule has 0 aliphatic carbocycles. The molecule has 0 bridgehead atoms. The first-order chi connectivity index (χ1) is 14.6. The third kappa shape index (κ3) is 5.31. The van der Waals surface area contributed by atoms with Crippen molar-refractivity contribution in [2.75, 3.05) is 6.54 Å². The highest BCUT2D eigenvalue weighted by atomic mass is 19.1. The number of alkyl halides is 1. The number of rotatable bonds is 8. The molecule has 0 fully saturated rings. The molecule has 0 saturated heterocycles. The first-order valence-corrected chi connectivity index (χ1v) is 10.5. The Balaban J connectivity index is 1.94. The van der Waals surface area contributed by atoms with Gasteiger partial charge in [-0.25, -0.2) is 9.38 Å². The normalized spacial score (nSPS) is 12.7. The summed E-state index contributed by atoms with van der Waals surface area (Å²) in [5.41, 5.74) is 1.74. The van der Waals surface area contributed by atoms with E-state index in [1.54, 1.807) is 24.4 Å². The van der Waals surface area contributed by atoms with Crippen molar-refractivity contribution in [1.82, 2.24) is 20.1 Å². The van der Waals surface area contributed by atoms with Crippen LogP contribution in [0.5, 0.6) is 5.88 Å². The summed E-state index contributed by atoms with van der Waals surface area (Å²) in [6.07, 6.45) is 4.35. The number of hydrogen-bond acceptors (Lipinski definition) is 4. The van der Waals surface area contributed by atoms with E-state index in [1.165, 1.54) is 13.8 Å². The van der Waals surface area contributed by atoms with Crippen LogP contribution >= 0.6 is 0 Å². The standard InChI is InChI=1S/C23H30FN5O2/c1-6-18(27-16-12-26-29(13-16)14(2)3)20-17-11-15(7-8-19(17)28-22(20)31)21(30)25-10-9-23(4,5)24/h7-8,11-14,28,31H,6,9-10H2,1-5H3,(H,25,30). The molecule has 3 N–H and O–H groups in total. The zero-order valence-corrected chi connectivity index (χ0v) is 18.7. The van der Waals surface area contributed by atoms with E-state index in [4.69, 9.17) is 4.99 Å². The van der Waals surface area contributed by atoms with Crippen molar-refractivity contribution < 1.29 is 14.3 Å². The molecule has 0 aliphatic heterocycles. The lowest BCUT2D eigenvalue weighted by molar-refractivity contribution is 0.0944. The second-order valence-corrected chi connectivity index (χ2v) is 8.52. The molecule has 0 atom stereocenters. The van der Waals surface area contributed by atoms with Crippen molar-refractivity contribution in [3.63, 3.8) is 0 Å². The average molecular weight is 428 g/mol. The van der Waals surface area contributed by atoms with Gasteiger partial charge in [0.1, 0.15) is 11.4 Å². The van der Waals surface area contributed by atoms with Crippen molar-refractivity contribution in [1.29, 1.82) is 0 Å². The van der Waals surface area contributed by atoms with Crippen LogP contribution in [0.3, 0.4) is 0 Å². The van der Waals surface area contributed by atoms with E-state index < -0.39 is 5.67 Å². The molecule has 0 unspecified atom stereocenters. The average Bonchev–Trinajstić information content (AvgIpc) is 3.28. The van der Waals surface area contributed by atoms with E-state index in [9.17, 15) is 14.3 Å². The maximum absolute atomic E-state index is 13.7. The molecule has 0 saturated carbocycles. The van der Waals surface area contributed by atoms with Gasteiger partial charge in [-0.15, -0.1) is 0 Å². The summed E-state index contributed by atoms with van der Waals surface area (Å²) in [6.45, 7) is 9.24. The van der Waals surface area contributed by atoms with Crippen molar-refractivity contribution in [2.24, 2.45) is 4.99 Å². The summed E-state index contributed by atoms with van der Waals surface area (Å²) in [5, 5.41) is 18.3. The van der Waals surface area contributed by atoms with Crippen LogP contribution in [0.25, 0.3) is 10.9 Å². The number of H-pyrrole nitrogens is 1.